The Morgan fingerprint density at radius 1 is 1.50 bits per heavy atom. The summed E-state index contributed by atoms with van der Waals surface area (Å²) in [5.41, 5.74) is 7.69. The molecule has 1 rings (SSSR count). The van der Waals surface area contributed by atoms with Crippen molar-refractivity contribution in [2.24, 2.45) is 0 Å². The summed E-state index contributed by atoms with van der Waals surface area (Å²) < 4.78 is 4.44. The minimum absolute atomic E-state index is 0.512. The number of carbonyl (C=O) groups is 1. The fourth-order valence-corrected chi connectivity index (χ4v) is 1.04. The van der Waals surface area contributed by atoms with Crippen LogP contribution < -0.4 is 16.4 Å². The van der Waals surface area contributed by atoms with E-state index in [-0.39, 0.29) is 0 Å². The van der Waals surface area contributed by atoms with E-state index in [4.69, 9.17) is 5.73 Å². The van der Waals surface area contributed by atoms with Crippen LogP contribution in [0, 0.1) is 0 Å². The number of amides is 1. The predicted molar refractivity (Wildman–Crippen MR) is 56.4 cm³/mol. The second-order valence-corrected chi connectivity index (χ2v) is 2.67. The molecule has 0 aliphatic rings. The summed E-state index contributed by atoms with van der Waals surface area (Å²) in [6.07, 6.45) is -0.512. The second kappa shape index (κ2) is 4.36. The lowest BCUT2D eigenvalue weighted by Crippen LogP contribution is -2.11. The number of nitrogens with two attached hydrogens (primary N) is 1. The molecule has 0 fully saturated rings. The summed E-state index contributed by atoms with van der Waals surface area (Å²) >= 11 is 0. The van der Waals surface area contributed by atoms with Crippen LogP contribution in [-0.2, 0) is 4.74 Å². The number of hydrogen-bond donors (Lipinski definition) is 3. The molecule has 0 bridgehead atoms. The van der Waals surface area contributed by atoms with Crippen LogP contribution in [0.1, 0.15) is 0 Å². The maximum absolute atomic E-state index is 10.9. The lowest BCUT2D eigenvalue weighted by atomic mass is 10.2. The normalized spacial score (nSPS) is 9.29. The van der Waals surface area contributed by atoms with Crippen molar-refractivity contribution in [1.82, 2.24) is 0 Å². The number of benzene rings is 1. The molecule has 1 amide bonds. The van der Waals surface area contributed by atoms with Gasteiger partial charge >= 0.3 is 6.09 Å². The zero-order chi connectivity index (χ0) is 10.6. The molecule has 0 spiro atoms. The minimum Gasteiger partial charge on any atom is -0.453 e. The molecule has 0 aliphatic carbocycles. The van der Waals surface area contributed by atoms with Gasteiger partial charge in [-0.1, -0.05) is 0 Å². The Balaban J connectivity index is 2.81. The topological polar surface area (TPSA) is 76.4 Å². The van der Waals surface area contributed by atoms with E-state index >= 15 is 0 Å². The molecular weight excluding hydrogens is 182 g/mol. The summed E-state index contributed by atoms with van der Waals surface area (Å²) in [6.45, 7) is 0. The number of rotatable bonds is 2. The van der Waals surface area contributed by atoms with E-state index in [1.165, 1.54) is 7.11 Å². The van der Waals surface area contributed by atoms with E-state index in [1.807, 2.05) is 0 Å². The first kappa shape index (κ1) is 10.2. The van der Waals surface area contributed by atoms with E-state index < -0.39 is 6.09 Å². The minimum atomic E-state index is -0.512. The number of hydrogen-bond acceptors (Lipinski definition) is 4. The molecule has 0 saturated heterocycles. The molecule has 0 unspecified atom stereocenters. The van der Waals surface area contributed by atoms with Gasteiger partial charge in [0, 0.05) is 12.7 Å². The highest BCUT2D eigenvalue weighted by Crippen LogP contribution is 2.21. The highest BCUT2D eigenvalue weighted by molar-refractivity contribution is 5.86. The Labute approximate surface area is 82.2 Å². The Bertz CT molecular complexity index is 339. The van der Waals surface area contributed by atoms with Crippen LogP contribution in [0.2, 0.25) is 0 Å². The number of nitrogen functional groups attached to an aromatic ring is 1. The lowest BCUT2D eigenvalue weighted by molar-refractivity contribution is 0.187. The van der Waals surface area contributed by atoms with Gasteiger partial charge in [-0.3, -0.25) is 5.32 Å². The Kier molecular flexibility index (Phi) is 3.17. The Morgan fingerprint density at radius 2 is 2.21 bits per heavy atom. The second-order valence-electron chi connectivity index (χ2n) is 2.67. The molecule has 5 nitrogen and oxygen atoms in total. The molecule has 76 valence electrons. The molecular formula is C9H13N3O2. The Morgan fingerprint density at radius 3 is 2.71 bits per heavy atom. The zero-order valence-electron chi connectivity index (χ0n) is 8.13. The van der Waals surface area contributed by atoms with Gasteiger partial charge in [0.25, 0.3) is 0 Å². The van der Waals surface area contributed by atoms with Crippen LogP contribution in [0.5, 0.6) is 0 Å². The highest BCUT2D eigenvalue weighted by Gasteiger charge is 2.02. The van der Waals surface area contributed by atoms with E-state index in [9.17, 15) is 4.79 Å². The average molecular weight is 195 g/mol. The van der Waals surface area contributed by atoms with Crippen LogP contribution >= 0.6 is 0 Å². The third-order valence-corrected chi connectivity index (χ3v) is 1.75. The van der Waals surface area contributed by atoms with Crippen LogP contribution in [0.4, 0.5) is 21.9 Å². The van der Waals surface area contributed by atoms with Crippen LogP contribution in [-0.4, -0.2) is 20.3 Å². The van der Waals surface area contributed by atoms with Gasteiger partial charge in [-0.25, -0.2) is 4.79 Å². The van der Waals surface area contributed by atoms with Crippen molar-refractivity contribution in [3.8, 4) is 0 Å². The van der Waals surface area contributed by atoms with Gasteiger partial charge in [-0.2, -0.15) is 0 Å². The maximum atomic E-state index is 10.9. The third kappa shape index (κ3) is 2.29. The predicted octanol–water partition coefficient (Wildman–Crippen LogP) is 1.49. The fraction of sp³-hybridized carbons (Fsp3) is 0.222. The smallest absolute Gasteiger partial charge is 0.411 e. The standard InChI is InChI=1S/C9H13N3O2/c1-11-8-4-3-6(5-7(8)10)12-9(13)14-2/h3-5,11H,10H2,1-2H3,(H,12,13). The molecule has 5 heteroatoms. The summed E-state index contributed by atoms with van der Waals surface area (Å²) in [6, 6.07) is 5.17. The van der Waals surface area contributed by atoms with Gasteiger partial charge in [-0.15, -0.1) is 0 Å². The molecule has 14 heavy (non-hydrogen) atoms. The summed E-state index contributed by atoms with van der Waals surface area (Å²) in [4.78, 5) is 10.9. The largest absolute Gasteiger partial charge is 0.453 e. The molecule has 0 aliphatic heterocycles. The van der Waals surface area contributed by atoms with Gasteiger partial charge in [0.1, 0.15) is 0 Å². The molecule has 1 aromatic rings. The van der Waals surface area contributed by atoms with Crippen molar-refractivity contribution in [2.75, 3.05) is 30.5 Å². The number of methoxy groups -OCH3 is 1. The van der Waals surface area contributed by atoms with E-state index in [0.717, 1.165) is 5.69 Å². The van der Waals surface area contributed by atoms with Crippen LogP contribution in [0.3, 0.4) is 0 Å². The SMILES string of the molecule is CNc1ccc(NC(=O)OC)cc1N. The summed E-state index contributed by atoms with van der Waals surface area (Å²) in [7, 11) is 3.08. The number of ether oxygens (including phenoxy) is 1. The van der Waals surface area contributed by atoms with Gasteiger partial charge in [0.15, 0.2) is 0 Å². The highest BCUT2D eigenvalue weighted by atomic mass is 16.5. The van der Waals surface area contributed by atoms with E-state index in [1.54, 1.807) is 25.2 Å². The number of nitrogens with one attached hydrogen (secondary N) is 2. The molecule has 1 aromatic carbocycles. The van der Waals surface area contributed by atoms with Crippen molar-refractivity contribution >= 4 is 23.2 Å². The van der Waals surface area contributed by atoms with Crippen molar-refractivity contribution in [3.63, 3.8) is 0 Å². The van der Waals surface area contributed by atoms with Gasteiger partial charge in [0.05, 0.1) is 18.5 Å². The fourth-order valence-electron chi connectivity index (χ4n) is 1.04. The number of anilines is 3. The van der Waals surface area contributed by atoms with E-state index in [0.29, 0.717) is 11.4 Å². The Hall–Kier alpha value is -1.91. The average Bonchev–Trinajstić information content (AvgIpc) is 2.18. The molecule has 4 N–H and O–H groups in total. The van der Waals surface area contributed by atoms with Crippen molar-refractivity contribution in [2.45, 2.75) is 0 Å². The van der Waals surface area contributed by atoms with Gasteiger partial charge in [-0.05, 0) is 18.2 Å². The first-order chi connectivity index (χ1) is 6.67. The third-order valence-electron chi connectivity index (χ3n) is 1.75. The van der Waals surface area contributed by atoms with Crippen LogP contribution in [0.25, 0.3) is 0 Å². The van der Waals surface area contributed by atoms with Crippen molar-refractivity contribution in [3.05, 3.63) is 18.2 Å². The summed E-state index contributed by atoms with van der Waals surface area (Å²) in [5, 5.41) is 5.44. The molecule has 0 radical (unpaired) electrons. The lowest BCUT2D eigenvalue weighted by Gasteiger charge is -2.08. The van der Waals surface area contributed by atoms with Gasteiger partial charge in [0.2, 0.25) is 0 Å². The van der Waals surface area contributed by atoms with Crippen molar-refractivity contribution in [1.29, 1.82) is 0 Å². The molecule has 0 atom stereocenters. The van der Waals surface area contributed by atoms with Crippen molar-refractivity contribution < 1.29 is 9.53 Å². The monoisotopic (exact) mass is 195 g/mol. The van der Waals surface area contributed by atoms with Crippen LogP contribution in [0.15, 0.2) is 18.2 Å². The maximum Gasteiger partial charge on any atom is 0.411 e. The molecule has 0 heterocycles. The van der Waals surface area contributed by atoms with E-state index in [2.05, 4.69) is 15.4 Å². The molecule has 0 aromatic heterocycles. The first-order valence-electron chi connectivity index (χ1n) is 4.09. The molecule has 0 saturated carbocycles. The number of carbonyl (C=O) groups excluding carboxylic acids is 1. The van der Waals surface area contributed by atoms with Gasteiger partial charge < -0.3 is 15.8 Å². The zero-order valence-corrected chi connectivity index (χ0v) is 8.13. The summed E-state index contributed by atoms with van der Waals surface area (Å²) in [5.74, 6) is 0. The quantitative estimate of drug-likeness (QED) is 0.625. The first-order valence-corrected chi connectivity index (χ1v) is 4.09.